The molecule has 1 aromatic carbocycles. The molecule has 3 aromatic heterocycles. The van der Waals surface area contributed by atoms with Crippen LogP contribution in [0.5, 0.6) is 11.5 Å². The fourth-order valence-corrected chi connectivity index (χ4v) is 3.41. The molecule has 29 heavy (non-hydrogen) atoms. The van der Waals surface area contributed by atoms with E-state index in [4.69, 9.17) is 9.47 Å². The minimum atomic E-state index is -0.275. The normalized spacial score (nSPS) is 10.6. The highest BCUT2D eigenvalue weighted by Gasteiger charge is 2.12. The maximum absolute atomic E-state index is 12.5. The first kappa shape index (κ1) is 18.6. The Hall–Kier alpha value is -3.72. The van der Waals surface area contributed by atoms with Crippen molar-refractivity contribution in [2.75, 3.05) is 19.5 Å². The monoisotopic (exact) mass is 407 g/mol. The average Bonchev–Trinajstić information content (AvgIpc) is 3.46. The van der Waals surface area contributed by atoms with Gasteiger partial charge in [-0.3, -0.25) is 14.7 Å². The first-order valence-corrected chi connectivity index (χ1v) is 9.49. The largest absolute Gasteiger partial charge is 0.493 e. The van der Waals surface area contributed by atoms with Crippen LogP contribution in [0.25, 0.3) is 17.1 Å². The van der Waals surface area contributed by atoms with Gasteiger partial charge in [-0.25, -0.2) is 15.0 Å². The molecular formula is C20H17N5O3S. The predicted octanol–water partition coefficient (Wildman–Crippen LogP) is 3.66. The zero-order chi connectivity index (χ0) is 20.2. The number of carbonyl (C=O) groups is 1. The zero-order valence-electron chi connectivity index (χ0n) is 15.7. The van der Waals surface area contributed by atoms with Crippen molar-refractivity contribution in [3.05, 3.63) is 66.2 Å². The van der Waals surface area contributed by atoms with E-state index in [1.54, 1.807) is 49.6 Å². The van der Waals surface area contributed by atoms with Gasteiger partial charge in [0.05, 0.1) is 25.5 Å². The summed E-state index contributed by atoms with van der Waals surface area (Å²) in [4.78, 5) is 25.3. The van der Waals surface area contributed by atoms with Crippen LogP contribution in [0.3, 0.4) is 0 Å². The number of hydrogen-bond acceptors (Lipinski definition) is 7. The number of pyridine rings is 1. The first-order chi connectivity index (χ1) is 14.2. The number of aromatic nitrogens is 4. The molecule has 0 spiro atoms. The summed E-state index contributed by atoms with van der Waals surface area (Å²) in [5.74, 6) is 1.67. The van der Waals surface area contributed by atoms with Crippen LogP contribution in [0.1, 0.15) is 10.4 Å². The van der Waals surface area contributed by atoms with Gasteiger partial charge in [0.1, 0.15) is 12.1 Å². The topological polar surface area (TPSA) is 91.2 Å². The second-order valence-electron chi connectivity index (χ2n) is 5.94. The maximum atomic E-state index is 12.5. The Bertz CT molecular complexity index is 1120. The zero-order valence-corrected chi connectivity index (χ0v) is 16.5. The molecule has 0 aliphatic heterocycles. The lowest BCUT2D eigenvalue weighted by atomic mass is 10.1. The van der Waals surface area contributed by atoms with E-state index in [9.17, 15) is 4.79 Å². The minimum Gasteiger partial charge on any atom is -0.493 e. The highest BCUT2D eigenvalue weighted by Crippen LogP contribution is 2.33. The molecule has 0 bridgehead atoms. The van der Waals surface area contributed by atoms with E-state index in [1.165, 1.54) is 17.5 Å². The highest BCUT2D eigenvalue weighted by molar-refractivity contribution is 7.14. The summed E-state index contributed by atoms with van der Waals surface area (Å²) in [5.41, 5.74) is 2.04. The Morgan fingerprint density at radius 2 is 2.00 bits per heavy atom. The molecule has 0 aliphatic carbocycles. The molecule has 0 unspecified atom stereocenters. The number of ether oxygens (including phenoxy) is 2. The van der Waals surface area contributed by atoms with E-state index in [2.05, 4.69) is 20.3 Å². The number of rotatable bonds is 6. The fraction of sp³-hybridized carbons (Fsp3) is 0.100. The van der Waals surface area contributed by atoms with Crippen LogP contribution in [0.2, 0.25) is 0 Å². The molecule has 0 radical (unpaired) electrons. The van der Waals surface area contributed by atoms with Crippen molar-refractivity contribution < 1.29 is 14.3 Å². The molecule has 3 heterocycles. The average molecular weight is 407 g/mol. The third kappa shape index (κ3) is 3.94. The SMILES string of the molecule is COc1ccc(-c2csc(NC(=O)c3ccc(-n4ccnc4)nc3)n2)cc1OC. The third-order valence-corrected chi connectivity index (χ3v) is 4.94. The number of benzene rings is 1. The van der Waals surface area contributed by atoms with Gasteiger partial charge in [0, 0.05) is 29.5 Å². The molecule has 1 amide bonds. The number of imidazole rings is 1. The van der Waals surface area contributed by atoms with E-state index < -0.39 is 0 Å². The maximum Gasteiger partial charge on any atom is 0.259 e. The molecule has 1 N–H and O–H groups in total. The molecule has 0 saturated heterocycles. The molecular weight excluding hydrogens is 390 g/mol. The van der Waals surface area contributed by atoms with Gasteiger partial charge >= 0.3 is 0 Å². The number of methoxy groups -OCH3 is 2. The van der Waals surface area contributed by atoms with Crippen LogP contribution in [0, 0.1) is 0 Å². The summed E-state index contributed by atoms with van der Waals surface area (Å²) in [6, 6.07) is 9.02. The predicted molar refractivity (Wildman–Crippen MR) is 110 cm³/mol. The van der Waals surface area contributed by atoms with Crippen LogP contribution in [0.15, 0.2) is 60.6 Å². The van der Waals surface area contributed by atoms with Crippen molar-refractivity contribution in [3.8, 4) is 28.6 Å². The van der Waals surface area contributed by atoms with Gasteiger partial charge in [0.25, 0.3) is 5.91 Å². The van der Waals surface area contributed by atoms with Gasteiger partial charge in [-0.1, -0.05) is 0 Å². The second kappa shape index (κ2) is 8.11. The third-order valence-electron chi connectivity index (χ3n) is 4.18. The summed E-state index contributed by atoms with van der Waals surface area (Å²) in [6.45, 7) is 0. The Labute approximate surface area is 170 Å². The van der Waals surface area contributed by atoms with Crippen molar-refractivity contribution in [3.63, 3.8) is 0 Å². The van der Waals surface area contributed by atoms with Gasteiger partial charge in [-0.2, -0.15) is 0 Å². The second-order valence-corrected chi connectivity index (χ2v) is 6.79. The van der Waals surface area contributed by atoms with Gasteiger partial charge in [0.15, 0.2) is 16.6 Å². The Morgan fingerprint density at radius 1 is 1.14 bits per heavy atom. The van der Waals surface area contributed by atoms with Crippen LogP contribution in [-0.4, -0.2) is 39.6 Å². The number of carbonyl (C=O) groups excluding carboxylic acids is 1. The summed E-state index contributed by atoms with van der Waals surface area (Å²) in [7, 11) is 3.17. The van der Waals surface area contributed by atoms with Crippen LogP contribution in [-0.2, 0) is 0 Å². The lowest BCUT2D eigenvalue weighted by molar-refractivity contribution is 0.102. The summed E-state index contributed by atoms with van der Waals surface area (Å²) < 4.78 is 12.3. The van der Waals surface area contributed by atoms with Crippen LogP contribution < -0.4 is 14.8 Å². The molecule has 0 saturated carbocycles. The van der Waals surface area contributed by atoms with E-state index >= 15 is 0 Å². The standard InChI is InChI=1S/C20H17N5O3S/c1-27-16-5-3-13(9-17(16)28-2)15-11-29-20(23-15)24-19(26)14-4-6-18(22-10-14)25-8-7-21-12-25/h3-12H,1-2H3,(H,23,24,26). The Morgan fingerprint density at radius 3 is 2.69 bits per heavy atom. The molecule has 0 atom stereocenters. The number of anilines is 1. The molecule has 4 aromatic rings. The van der Waals surface area contributed by atoms with E-state index in [-0.39, 0.29) is 5.91 Å². The highest BCUT2D eigenvalue weighted by atomic mass is 32.1. The van der Waals surface area contributed by atoms with Crippen molar-refractivity contribution in [1.29, 1.82) is 0 Å². The lowest BCUT2D eigenvalue weighted by Gasteiger charge is -2.08. The van der Waals surface area contributed by atoms with Crippen LogP contribution >= 0.6 is 11.3 Å². The summed E-state index contributed by atoms with van der Waals surface area (Å²) >= 11 is 1.34. The molecule has 0 aliphatic rings. The van der Waals surface area contributed by atoms with E-state index in [0.29, 0.717) is 28.0 Å². The molecule has 146 valence electrons. The van der Waals surface area contributed by atoms with Gasteiger partial charge in [0.2, 0.25) is 0 Å². The Kier molecular flexibility index (Phi) is 5.21. The van der Waals surface area contributed by atoms with Crippen molar-refractivity contribution in [2.45, 2.75) is 0 Å². The smallest absolute Gasteiger partial charge is 0.259 e. The molecule has 4 rings (SSSR count). The van der Waals surface area contributed by atoms with Gasteiger partial charge in [-0.15, -0.1) is 11.3 Å². The quantitative estimate of drug-likeness (QED) is 0.525. The van der Waals surface area contributed by atoms with Crippen molar-refractivity contribution in [2.24, 2.45) is 0 Å². The number of amides is 1. The van der Waals surface area contributed by atoms with E-state index in [0.717, 1.165) is 11.3 Å². The van der Waals surface area contributed by atoms with Gasteiger partial charge < -0.3 is 9.47 Å². The van der Waals surface area contributed by atoms with Crippen molar-refractivity contribution >= 4 is 22.4 Å². The summed E-state index contributed by atoms with van der Waals surface area (Å²) in [5, 5.41) is 5.18. The Balaban J connectivity index is 1.48. The molecule has 9 heteroatoms. The van der Waals surface area contributed by atoms with Gasteiger partial charge in [-0.05, 0) is 30.3 Å². The number of hydrogen-bond donors (Lipinski definition) is 1. The lowest BCUT2D eigenvalue weighted by Crippen LogP contribution is -2.12. The van der Waals surface area contributed by atoms with Crippen molar-refractivity contribution in [1.82, 2.24) is 19.5 Å². The van der Waals surface area contributed by atoms with E-state index in [1.807, 2.05) is 23.6 Å². The number of nitrogens with one attached hydrogen (secondary N) is 1. The molecule has 8 nitrogen and oxygen atoms in total. The van der Waals surface area contributed by atoms with Crippen LogP contribution in [0.4, 0.5) is 5.13 Å². The first-order valence-electron chi connectivity index (χ1n) is 8.61. The molecule has 0 fully saturated rings. The number of thiazole rings is 1. The summed E-state index contributed by atoms with van der Waals surface area (Å²) in [6.07, 6.45) is 6.62. The minimum absolute atomic E-state index is 0.275. The number of nitrogens with zero attached hydrogens (tertiary/aromatic N) is 4. The fourth-order valence-electron chi connectivity index (χ4n) is 2.70.